The van der Waals surface area contributed by atoms with Crippen LogP contribution in [-0.2, 0) is 18.4 Å². The van der Waals surface area contributed by atoms with Crippen LogP contribution in [0.5, 0.6) is 0 Å². The van der Waals surface area contributed by atoms with Gasteiger partial charge in [-0.2, -0.15) is 5.10 Å². The van der Waals surface area contributed by atoms with Gasteiger partial charge in [-0.3, -0.25) is 14.4 Å². The van der Waals surface area contributed by atoms with Crippen molar-refractivity contribution in [2.75, 3.05) is 18.9 Å². The zero-order chi connectivity index (χ0) is 14.5. The Hall–Kier alpha value is -2.21. The monoisotopic (exact) mass is 276 g/mol. The van der Waals surface area contributed by atoms with Crippen LogP contribution >= 0.6 is 0 Å². The number of halogens is 1. The standard InChI is InChI=1S/C14H17FN4O/c1-18(8-11-7-16-19(2)9-11)10-14(20)17-13-6-4-3-5-12(13)15/h3-7,9H,8,10H2,1-2H3,(H,17,20). The Morgan fingerprint density at radius 1 is 1.45 bits per heavy atom. The fourth-order valence-electron chi connectivity index (χ4n) is 1.92. The molecule has 0 spiro atoms. The van der Waals surface area contributed by atoms with Crippen LogP contribution in [0.25, 0.3) is 0 Å². The predicted molar refractivity (Wildman–Crippen MR) is 74.6 cm³/mol. The number of aromatic nitrogens is 2. The number of carbonyl (C=O) groups excluding carboxylic acids is 1. The molecule has 6 heteroatoms. The van der Waals surface area contributed by atoms with E-state index in [2.05, 4.69) is 10.4 Å². The van der Waals surface area contributed by atoms with Crippen molar-refractivity contribution in [1.82, 2.24) is 14.7 Å². The molecule has 1 aromatic heterocycles. The molecule has 1 aromatic carbocycles. The minimum Gasteiger partial charge on any atom is -0.322 e. The number of aryl methyl sites for hydroxylation is 1. The quantitative estimate of drug-likeness (QED) is 0.903. The lowest BCUT2D eigenvalue weighted by molar-refractivity contribution is -0.117. The third-order valence-corrected chi connectivity index (χ3v) is 2.77. The Morgan fingerprint density at radius 3 is 2.85 bits per heavy atom. The molecule has 106 valence electrons. The summed E-state index contributed by atoms with van der Waals surface area (Å²) in [4.78, 5) is 13.7. The number of nitrogens with zero attached hydrogens (tertiary/aromatic N) is 3. The van der Waals surface area contributed by atoms with Gasteiger partial charge in [0.25, 0.3) is 0 Å². The number of nitrogens with one attached hydrogen (secondary N) is 1. The Kier molecular flexibility index (Phi) is 4.47. The molecule has 1 N–H and O–H groups in total. The Balaban J connectivity index is 1.86. The second kappa shape index (κ2) is 6.29. The van der Waals surface area contributed by atoms with Gasteiger partial charge in [0.15, 0.2) is 0 Å². The average molecular weight is 276 g/mol. The van der Waals surface area contributed by atoms with Gasteiger partial charge in [0.05, 0.1) is 18.4 Å². The highest BCUT2D eigenvalue weighted by Gasteiger charge is 2.10. The van der Waals surface area contributed by atoms with E-state index in [0.717, 1.165) is 5.56 Å². The van der Waals surface area contributed by atoms with Crippen LogP contribution < -0.4 is 5.32 Å². The van der Waals surface area contributed by atoms with Gasteiger partial charge in [-0.05, 0) is 19.2 Å². The maximum Gasteiger partial charge on any atom is 0.238 e. The molecule has 0 aliphatic heterocycles. The first kappa shape index (κ1) is 14.2. The molecule has 0 saturated carbocycles. The minimum atomic E-state index is -0.434. The number of hydrogen-bond donors (Lipinski definition) is 1. The van der Waals surface area contributed by atoms with Crippen molar-refractivity contribution in [1.29, 1.82) is 0 Å². The normalized spacial score (nSPS) is 10.8. The second-order valence-corrected chi connectivity index (χ2v) is 4.72. The lowest BCUT2D eigenvalue weighted by Gasteiger charge is -2.15. The molecule has 20 heavy (non-hydrogen) atoms. The number of para-hydroxylation sites is 1. The minimum absolute atomic E-state index is 0.184. The summed E-state index contributed by atoms with van der Waals surface area (Å²) >= 11 is 0. The lowest BCUT2D eigenvalue weighted by Crippen LogP contribution is -2.30. The molecule has 0 saturated heterocycles. The summed E-state index contributed by atoms with van der Waals surface area (Å²) in [5, 5.41) is 6.62. The predicted octanol–water partition coefficient (Wildman–Crippen LogP) is 1.63. The zero-order valence-electron chi connectivity index (χ0n) is 11.5. The van der Waals surface area contributed by atoms with Gasteiger partial charge >= 0.3 is 0 Å². The summed E-state index contributed by atoms with van der Waals surface area (Å²) in [6.45, 7) is 0.793. The summed E-state index contributed by atoms with van der Waals surface area (Å²) in [5.74, 6) is -0.683. The van der Waals surface area contributed by atoms with E-state index in [1.54, 1.807) is 23.0 Å². The molecule has 2 rings (SSSR count). The van der Waals surface area contributed by atoms with Crippen molar-refractivity contribution in [3.8, 4) is 0 Å². The van der Waals surface area contributed by atoms with Gasteiger partial charge in [-0.15, -0.1) is 0 Å². The number of benzene rings is 1. The first-order valence-electron chi connectivity index (χ1n) is 6.25. The van der Waals surface area contributed by atoms with Crippen LogP contribution in [0, 0.1) is 5.82 Å². The van der Waals surface area contributed by atoms with Crippen LogP contribution in [0.2, 0.25) is 0 Å². The molecule has 0 atom stereocenters. The van der Waals surface area contributed by atoms with Crippen molar-refractivity contribution < 1.29 is 9.18 Å². The van der Waals surface area contributed by atoms with Crippen molar-refractivity contribution >= 4 is 11.6 Å². The van der Waals surface area contributed by atoms with Gasteiger partial charge in [0, 0.05) is 25.4 Å². The molecule has 0 unspecified atom stereocenters. The summed E-state index contributed by atoms with van der Waals surface area (Å²) in [6, 6.07) is 6.11. The van der Waals surface area contributed by atoms with E-state index in [1.165, 1.54) is 12.1 Å². The molecule has 1 amide bonds. The maximum absolute atomic E-state index is 13.4. The fourth-order valence-corrected chi connectivity index (χ4v) is 1.92. The molecular formula is C14H17FN4O. The Morgan fingerprint density at radius 2 is 2.20 bits per heavy atom. The second-order valence-electron chi connectivity index (χ2n) is 4.72. The molecule has 2 aromatic rings. The molecule has 0 bridgehead atoms. The molecule has 0 fully saturated rings. The van der Waals surface area contributed by atoms with Gasteiger partial charge in [0.1, 0.15) is 5.82 Å². The maximum atomic E-state index is 13.4. The van der Waals surface area contributed by atoms with E-state index < -0.39 is 5.82 Å². The van der Waals surface area contributed by atoms with E-state index in [4.69, 9.17) is 0 Å². The largest absolute Gasteiger partial charge is 0.322 e. The SMILES string of the molecule is CN(CC(=O)Nc1ccccc1F)Cc1cnn(C)c1. The molecule has 0 aliphatic rings. The van der Waals surface area contributed by atoms with Crippen LogP contribution in [-0.4, -0.2) is 34.2 Å². The highest BCUT2D eigenvalue weighted by Crippen LogP contribution is 2.12. The summed E-state index contributed by atoms with van der Waals surface area (Å²) in [7, 11) is 3.67. The summed E-state index contributed by atoms with van der Waals surface area (Å²) in [5.41, 5.74) is 1.22. The molecule has 0 radical (unpaired) electrons. The van der Waals surface area contributed by atoms with Gasteiger partial charge in [-0.25, -0.2) is 4.39 Å². The van der Waals surface area contributed by atoms with E-state index >= 15 is 0 Å². The molecule has 1 heterocycles. The number of carbonyl (C=O) groups is 1. The van der Waals surface area contributed by atoms with E-state index in [-0.39, 0.29) is 18.1 Å². The number of amides is 1. The third kappa shape index (κ3) is 3.89. The highest BCUT2D eigenvalue weighted by atomic mass is 19.1. The molecule has 5 nitrogen and oxygen atoms in total. The number of likely N-dealkylation sites (N-methyl/N-ethyl adjacent to an activating group) is 1. The first-order chi connectivity index (χ1) is 9.54. The van der Waals surface area contributed by atoms with E-state index in [1.807, 2.05) is 25.2 Å². The van der Waals surface area contributed by atoms with Gasteiger partial charge in [-0.1, -0.05) is 12.1 Å². The Labute approximate surface area is 117 Å². The highest BCUT2D eigenvalue weighted by molar-refractivity contribution is 5.92. The van der Waals surface area contributed by atoms with Crippen LogP contribution in [0.15, 0.2) is 36.7 Å². The molecular weight excluding hydrogens is 259 g/mol. The molecule has 0 aliphatic carbocycles. The topological polar surface area (TPSA) is 50.2 Å². The average Bonchev–Trinajstić information content (AvgIpc) is 2.77. The van der Waals surface area contributed by atoms with Gasteiger partial charge in [0.2, 0.25) is 5.91 Å². The summed E-state index contributed by atoms with van der Waals surface area (Å²) < 4.78 is 15.1. The van der Waals surface area contributed by atoms with Crippen molar-refractivity contribution in [2.24, 2.45) is 7.05 Å². The van der Waals surface area contributed by atoms with Crippen LogP contribution in [0.3, 0.4) is 0 Å². The zero-order valence-corrected chi connectivity index (χ0v) is 11.5. The van der Waals surface area contributed by atoms with E-state index in [0.29, 0.717) is 6.54 Å². The van der Waals surface area contributed by atoms with Crippen LogP contribution in [0.1, 0.15) is 5.56 Å². The van der Waals surface area contributed by atoms with Crippen molar-refractivity contribution in [3.05, 3.63) is 48.0 Å². The number of hydrogen-bond acceptors (Lipinski definition) is 3. The smallest absolute Gasteiger partial charge is 0.238 e. The van der Waals surface area contributed by atoms with E-state index in [9.17, 15) is 9.18 Å². The van der Waals surface area contributed by atoms with Gasteiger partial charge < -0.3 is 5.32 Å². The fraction of sp³-hybridized carbons (Fsp3) is 0.286. The first-order valence-corrected chi connectivity index (χ1v) is 6.25. The van der Waals surface area contributed by atoms with Crippen molar-refractivity contribution in [3.63, 3.8) is 0 Å². The lowest BCUT2D eigenvalue weighted by atomic mass is 10.3. The third-order valence-electron chi connectivity index (χ3n) is 2.77. The van der Waals surface area contributed by atoms with Crippen LogP contribution in [0.4, 0.5) is 10.1 Å². The summed E-state index contributed by atoms with van der Waals surface area (Å²) in [6.07, 6.45) is 3.65. The number of anilines is 1. The number of rotatable bonds is 5. The van der Waals surface area contributed by atoms with Crippen molar-refractivity contribution in [2.45, 2.75) is 6.54 Å². The Bertz CT molecular complexity index is 596.